The standard InChI is InChI=1S/C31H54N4O23S/c1-9(39)33-17-22(44)27(15(52-28(17)47)8-51-59(48,49)50)58-31-19(35-11(3)41)24(46)26(14(7-38)55-31)57-30-18(34-10(2)40)23(45)25(12(53-30)4-5-36)56-29-16(32)21(43)20(42)13(6-37)54-29/h12-31,36-38,42-47H,4-8,32H2,1-3H3,(H,33,39)(H,34,40)(H,35,41)(H,48,49,50)/t12-,13-,14-,15-,16-,17-,18-,19-,20-,21-,22?,23?,24-,25-,26-,27-,28-,29+,30+,31+/m1/s1. The van der Waals surface area contributed by atoms with Gasteiger partial charge in [0.2, 0.25) is 17.7 Å². The second kappa shape index (κ2) is 21.1. The molecule has 20 atom stereocenters. The van der Waals surface area contributed by atoms with E-state index in [2.05, 4.69) is 20.1 Å². The highest BCUT2D eigenvalue weighted by molar-refractivity contribution is 7.80. The van der Waals surface area contributed by atoms with E-state index in [0.29, 0.717) is 0 Å². The molecule has 342 valence electrons. The minimum Gasteiger partial charge on any atom is -0.396 e. The van der Waals surface area contributed by atoms with Crippen molar-refractivity contribution < 1.29 is 111 Å². The van der Waals surface area contributed by atoms with Crippen LogP contribution in [0.15, 0.2) is 0 Å². The van der Waals surface area contributed by atoms with Crippen LogP contribution < -0.4 is 21.7 Å². The molecule has 15 N–H and O–H groups in total. The molecular formula is C31H54N4O23S. The van der Waals surface area contributed by atoms with Crippen LogP contribution in [-0.4, -0.2) is 226 Å². The molecule has 4 saturated heterocycles. The van der Waals surface area contributed by atoms with Gasteiger partial charge in [-0.25, -0.2) is 4.18 Å². The van der Waals surface area contributed by atoms with Crippen LogP contribution in [0.5, 0.6) is 0 Å². The Morgan fingerprint density at radius 2 is 1.02 bits per heavy atom. The first-order chi connectivity index (χ1) is 27.6. The third-order valence-corrected chi connectivity index (χ3v) is 10.4. The first-order valence-corrected chi connectivity index (χ1v) is 19.7. The van der Waals surface area contributed by atoms with Gasteiger partial charge in [-0.3, -0.25) is 18.9 Å². The SMILES string of the molecule is CC(=O)N[C@H]1[C@H](O[C@H]2C(O)[C@@H](NC(C)=O)[C@H](O)O[C@@H]2COS(=O)(=O)O)O[C@H](CO)[C@@H](O[C@@H]2O[C@H](CCO)[C@@H](O[C@@H]3O[C@H](CO)[C@@H](O)[C@H](O)[C@H]3N)C(O)[C@H]2NC(C)=O)[C@@H]1O. The third-order valence-electron chi connectivity index (χ3n) is 9.93. The van der Waals surface area contributed by atoms with Crippen molar-refractivity contribution in [2.45, 2.75) is 150 Å². The Bertz CT molecular complexity index is 1520. The number of nitrogens with two attached hydrogens (primary N) is 1. The molecule has 59 heavy (non-hydrogen) atoms. The van der Waals surface area contributed by atoms with Crippen LogP contribution in [0.2, 0.25) is 0 Å². The smallest absolute Gasteiger partial charge is 0.396 e. The molecule has 0 saturated carbocycles. The minimum absolute atomic E-state index is 0.287. The molecular weight excluding hydrogens is 828 g/mol. The van der Waals surface area contributed by atoms with Gasteiger partial charge in [0.25, 0.3) is 0 Å². The summed E-state index contributed by atoms with van der Waals surface area (Å²) in [7, 11) is -5.13. The van der Waals surface area contributed by atoms with Crippen LogP contribution in [0.4, 0.5) is 0 Å². The van der Waals surface area contributed by atoms with Gasteiger partial charge in [-0.05, 0) is 6.42 Å². The number of aliphatic hydroxyl groups excluding tert-OH is 9. The quantitative estimate of drug-likeness (QED) is 0.0640. The zero-order valence-corrected chi connectivity index (χ0v) is 32.7. The summed E-state index contributed by atoms with van der Waals surface area (Å²) < 4.78 is 76.9. The zero-order valence-electron chi connectivity index (χ0n) is 31.8. The first kappa shape index (κ1) is 49.3. The van der Waals surface area contributed by atoms with Crippen LogP contribution >= 0.6 is 0 Å². The molecule has 4 aliphatic heterocycles. The first-order valence-electron chi connectivity index (χ1n) is 18.3. The summed E-state index contributed by atoms with van der Waals surface area (Å²) in [6.45, 7) is -0.283. The van der Waals surface area contributed by atoms with E-state index in [4.69, 9.17) is 43.4 Å². The average molecular weight is 883 g/mol. The van der Waals surface area contributed by atoms with Crippen molar-refractivity contribution in [3.05, 3.63) is 0 Å². The van der Waals surface area contributed by atoms with Gasteiger partial charge in [0.05, 0.1) is 32.0 Å². The summed E-state index contributed by atoms with van der Waals surface area (Å²) in [4.78, 5) is 36.7. The fraction of sp³-hybridized carbons (Fsp3) is 0.903. The number of carbonyl (C=O) groups is 3. The van der Waals surface area contributed by atoms with Crippen LogP contribution in [0.25, 0.3) is 0 Å². The molecule has 0 aromatic carbocycles. The van der Waals surface area contributed by atoms with Gasteiger partial charge >= 0.3 is 10.4 Å². The van der Waals surface area contributed by atoms with Crippen molar-refractivity contribution in [3.63, 3.8) is 0 Å². The molecule has 3 amide bonds. The summed E-state index contributed by atoms with van der Waals surface area (Å²) in [6, 6.07) is -6.35. The molecule has 4 heterocycles. The molecule has 0 aromatic rings. The second-order valence-corrected chi connectivity index (χ2v) is 15.4. The van der Waals surface area contributed by atoms with Gasteiger partial charge in [-0.2, -0.15) is 8.42 Å². The van der Waals surface area contributed by atoms with Crippen LogP contribution in [-0.2, 0) is 62.1 Å². The van der Waals surface area contributed by atoms with E-state index >= 15 is 0 Å². The van der Waals surface area contributed by atoms with Gasteiger partial charge in [0.1, 0.15) is 85.3 Å². The number of rotatable bonds is 16. The molecule has 27 nitrogen and oxygen atoms in total. The highest BCUT2D eigenvalue weighted by Gasteiger charge is 2.56. The fourth-order valence-electron chi connectivity index (χ4n) is 7.16. The number of hydrogen-bond donors (Lipinski definition) is 14. The lowest BCUT2D eigenvalue weighted by Crippen LogP contribution is -2.71. The maximum Gasteiger partial charge on any atom is 0.397 e. The van der Waals surface area contributed by atoms with E-state index in [1.54, 1.807) is 0 Å². The Morgan fingerprint density at radius 1 is 0.593 bits per heavy atom. The number of ether oxygens (including phenoxy) is 7. The maximum atomic E-state index is 12.4. The van der Waals surface area contributed by atoms with Crippen molar-refractivity contribution in [3.8, 4) is 0 Å². The van der Waals surface area contributed by atoms with E-state index in [-0.39, 0.29) is 6.42 Å². The molecule has 28 heteroatoms. The summed E-state index contributed by atoms with van der Waals surface area (Å²) in [5, 5.41) is 103. The summed E-state index contributed by atoms with van der Waals surface area (Å²) >= 11 is 0. The second-order valence-electron chi connectivity index (χ2n) is 14.3. The molecule has 4 aliphatic rings. The summed E-state index contributed by atoms with van der Waals surface area (Å²) in [5.41, 5.74) is 6.02. The Morgan fingerprint density at radius 3 is 1.49 bits per heavy atom. The Balaban J connectivity index is 1.63. The molecule has 0 aromatic heterocycles. The van der Waals surface area contributed by atoms with Crippen molar-refractivity contribution in [1.29, 1.82) is 0 Å². The monoisotopic (exact) mass is 882 g/mol. The van der Waals surface area contributed by atoms with Crippen molar-refractivity contribution in [2.24, 2.45) is 5.73 Å². The zero-order chi connectivity index (χ0) is 44.1. The molecule has 2 unspecified atom stereocenters. The number of nitrogens with one attached hydrogen (secondary N) is 3. The molecule has 0 aliphatic carbocycles. The van der Waals surface area contributed by atoms with Gasteiger partial charge in [0.15, 0.2) is 25.2 Å². The number of aliphatic hydroxyl groups is 9. The van der Waals surface area contributed by atoms with Crippen LogP contribution in [0, 0.1) is 0 Å². The highest BCUT2D eigenvalue weighted by Crippen LogP contribution is 2.35. The molecule has 0 radical (unpaired) electrons. The lowest BCUT2D eigenvalue weighted by molar-refractivity contribution is -0.360. The maximum absolute atomic E-state index is 12.4. The summed E-state index contributed by atoms with van der Waals surface area (Å²) in [6.07, 6.45) is -27.7. The topological polar surface area (TPSA) is 424 Å². The van der Waals surface area contributed by atoms with Gasteiger partial charge < -0.3 is 101 Å². The van der Waals surface area contributed by atoms with Gasteiger partial charge in [0, 0.05) is 27.4 Å². The van der Waals surface area contributed by atoms with Crippen LogP contribution in [0.3, 0.4) is 0 Å². The molecule has 0 spiro atoms. The Kier molecular flexibility index (Phi) is 17.6. The molecule has 4 rings (SSSR count). The predicted octanol–water partition coefficient (Wildman–Crippen LogP) is -9.13. The van der Waals surface area contributed by atoms with E-state index in [9.17, 15) is 68.8 Å². The largest absolute Gasteiger partial charge is 0.397 e. The highest BCUT2D eigenvalue weighted by atomic mass is 32.3. The molecule has 0 bridgehead atoms. The molecule has 4 fully saturated rings. The fourth-order valence-corrected chi connectivity index (χ4v) is 7.47. The lowest BCUT2D eigenvalue weighted by Gasteiger charge is -2.51. The lowest BCUT2D eigenvalue weighted by atomic mass is 9.92. The normalized spacial score (nSPS) is 43.1. The van der Waals surface area contributed by atoms with Crippen LogP contribution in [0.1, 0.15) is 27.2 Å². The van der Waals surface area contributed by atoms with E-state index in [1.165, 1.54) is 0 Å². The summed E-state index contributed by atoms with van der Waals surface area (Å²) in [5.74, 6) is -2.31. The average Bonchev–Trinajstić information content (AvgIpc) is 3.15. The van der Waals surface area contributed by atoms with Crippen molar-refractivity contribution in [2.75, 3.05) is 26.4 Å². The Hall–Kier alpha value is -2.40. The number of amides is 3. The van der Waals surface area contributed by atoms with Crippen molar-refractivity contribution >= 4 is 28.1 Å². The number of carbonyl (C=O) groups excluding carboxylic acids is 3. The van der Waals surface area contributed by atoms with Gasteiger partial charge in [-0.15, -0.1) is 0 Å². The van der Waals surface area contributed by atoms with Gasteiger partial charge in [-0.1, -0.05) is 0 Å². The Labute approximate surface area is 336 Å². The van der Waals surface area contributed by atoms with E-state index in [0.717, 1.165) is 20.8 Å². The van der Waals surface area contributed by atoms with Crippen molar-refractivity contribution in [1.82, 2.24) is 16.0 Å². The third kappa shape index (κ3) is 12.2. The van der Waals surface area contributed by atoms with E-state index in [1.807, 2.05) is 0 Å². The predicted molar refractivity (Wildman–Crippen MR) is 186 cm³/mol. The van der Waals surface area contributed by atoms with E-state index < -0.39 is 177 Å². The minimum atomic E-state index is -5.13. The number of hydrogen-bond acceptors (Lipinski definition) is 23.